The SMILES string of the molecule is COc1cn(-c2ccc(I)cc2)nc(C(=O)O)c1=O. The summed E-state index contributed by atoms with van der Waals surface area (Å²) in [5.41, 5.74) is -0.670. The van der Waals surface area contributed by atoms with Crippen LogP contribution in [0.3, 0.4) is 0 Å². The minimum absolute atomic E-state index is 0.0639. The van der Waals surface area contributed by atoms with Crippen molar-refractivity contribution in [1.82, 2.24) is 9.78 Å². The van der Waals surface area contributed by atoms with E-state index in [1.54, 1.807) is 12.1 Å². The van der Waals surface area contributed by atoms with E-state index in [4.69, 9.17) is 9.84 Å². The van der Waals surface area contributed by atoms with Gasteiger partial charge in [0.15, 0.2) is 5.75 Å². The Morgan fingerprint density at radius 1 is 1.37 bits per heavy atom. The van der Waals surface area contributed by atoms with E-state index in [9.17, 15) is 9.59 Å². The maximum atomic E-state index is 11.7. The van der Waals surface area contributed by atoms with Crippen molar-refractivity contribution < 1.29 is 14.6 Å². The Balaban J connectivity index is 2.64. The molecule has 2 rings (SSSR count). The van der Waals surface area contributed by atoms with Gasteiger partial charge >= 0.3 is 5.97 Å². The first-order valence-electron chi connectivity index (χ1n) is 5.20. The molecule has 0 atom stereocenters. The van der Waals surface area contributed by atoms with Gasteiger partial charge in [-0.1, -0.05) is 0 Å². The second kappa shape index (κ2) is 5.39. The molecule has 98 valence electrons. The summed E-state index contributed by atoms with van der Waals surface area (Å²) < 4.78 is 7.22. The molecule has 0 saturated heterocycles. The van der Waals surface area contributed by atoms with Crippen molar-refractivity contribution >= 4 is 28.6 Å². The summed E-state index contributed by atoms with van der Waals surface area (Å²) >= 11 is 2.15. The molecule has 0 saturated carbocycles. The lowest BCUT2D eigenvalue weighted by atomic mass is 10.3. The number of carbonyl (C=O) groups is 1. The Morgan fingerprint density at radius 2 is 2.00 bits per heavy atom. The Morgan fingerprint density at radius 3 is 2.53 bits per heavy atom. The number of carboxylic acid groups (broad SMARTS) is 1. The summed E-state index contributed by atoms with van der Waals surface area (Å²) in [6.07, 6.45) is 1.36. The predicted molar refractivity (Wildman–Crippen MR) is 76.1 cm³/mol. The van der Waals surface area contributed by atoms with Gasteiger partial charge in [-0.2, -0.15) is 5.10 Å². The monoisotopic (exact) mass is 372 g/mol. The zero-order valence-corrected chi connectivity index (χ0v) is 12.0. The molecule has 2 aromatic rings. The summed E-state index contributed by atoms with van der Waals surface area (Å²) in [4.78, 5) is 22.7. The summed E-state index contributed by atoms with van der Waals surface area (Å²) in [5, 5.41) is 12.8. The number of aromatic carboxylic acids is 1. The molecule has 0 aliphatic rings. The lowest BCUT2D eigenvalue weighted by molar-refractivity contribution is 0.0686. The molecule has 0 unspecified atom stereocenters. The molecule has 0 fully saturated rings. The molecule has 1 heterocycles. The molecule has 0 aliphatic heterocycles. The summed E-state index contributed by atoms with van der Waals surface area (Å²) in [6.45, 7) is 0. The van der Waals surface area contributed by atoms with Crippen LogP contribution in [0.1, 0.15) is 10.5 Å². The molecule has 0 spiro atoms. The quantitative estimate of drug-likeness (QED) is 0.827. The van der Waals surface area contributed by atoms with Crippen LogP contribution in [0.15, 0.2) is 35.3 Å². The Bertz CT molecular complexity index is 679. The second-order valence-corrected chi connectivity index (χ2v) is 4.85. The van der Waals surface area contributed by atoms with Gasteiger partial charge in [0.1, 0.15) is 0 Å². The van der Waals surface area contributed by atoms with Crippen molar-refractivity contribution in [3.05, 3.63) is 49.9 Å². The first-order chi connectivity index (χ1) is 9.02. The number of hydrogen-bond donors (Lipinski definition) is 1. The van der Waals surface area contributed by atoms with Crippen molar-refractivity contribution in [3.8, 4) is 11.4 Å². The number of rotatable bonds is 3. The van der Waals surface area contributed by atoms with Gasteiger partial charge < -0.3 is 9.84 Å². The fourth-order valence-corrected chi connectivity index (χ4v) is 1.84. The lowest BCUT2D eigenvalue weighted by Crippen LogP contribution is -2.22. The normalized spacial score (nSPS) is 10.2. The average Bonchev–Trinajstić information content (AvgIpc) is 2.39. The molecular formula is C12H9IN2O4. The van der Waals surface area contributed by atoms with E-state index in [-0.39, 0.29) is 5.75 Å². The van der Waals surface area contributed by atoms with Gasteiger partial charge in [-0.05, 0) is 46.9 Å². The fraction of sp³-hybridized carbons (Fsp3) is 0.0833. The third-order valence-electron chi connectivity index (χ3n) is 2.40. The minimum Gasteiger partial charge on any atom is -0.491 e. The number of benzene rings is 1. The van der Waals surface area contributed by atoms with Gasteiger partial charge in [0, 0.05) is 3.57 Å². The second-order valence-electron chi connectivity index (χ2n) is 3.60. The van der Waals surface area contributed by atoms with Gasteiger partial charge in [0.05, 0.1) is 19.0 Å². The zero-order chi connectivity index (χ0) is 14.0. The van der Waals surface area contributed by atoms with Gasteiger partial charge in [0.2, 0.25) is 5.69 Å². The number of nitrogens with zero attached hydrogens (tertiary/aromatic N) is 2. The van der Waals surface area contributed by atoms with E-state index in [2.05, 4.69) is 27.7 Å². The van der Waals surface area contributed by atoms with Crippen LogP contribution in [-0.2, 0) is 0 Å². The molecule has 0 radical (unpaired) electrons. The van der Waals surface area contributed by atoms with Crippen LogP contribution in [0, 0.1) is 3.57 Å². The molecule has 1 aromatic carbocycles. The molecule has 1 N–H and O–H groups in total. The van der Waals surface area contributed by atoms with E-state index in [1.807, 2.05) is 12.1 Å². The zero-order valence-electron chi connectivity index (χ0n) is 9.83. The van der Waals surface area contributed by atoms with Crippen LogP contribution >= 0.6 is 22.6 Å². The average molecular weight is 372 g/mol. The highest BCUT2D eigenvalue weighted by atomic mass is 127. The van der Waals surface area contributed by atoms with E-state index < -0.39 is 17.1 Å². The van der Waals surface area contributed by atoms with E-state index in [1.165, 1.54) is 18.0 Å². The van der Waals surface area contributed by atoms with Crippen molar-refractivity contribution in [3.63, 3.8) is 0 Å². The molecule has 0 aliphatic carbocycles. The van der Waals surface area contributed by atoms with Gasteiger partial charge in [-0.15, -0.1) is 0 Å². The number of methoxy groups -OCH3 is 1. The standard InChI is InChI=1S/C12H9IN2O4/c1-19-9-6-15(8-4-2-7(13)3-5-8)14-10(11(9)16)12(17)18/h2-6H,1H3,(H,17,18). The van der Waals surface area contributed by atoms with Crippen LogP contribution in [0.5, 0.6) is 5.75 Å². The Kier molecular flexibility index (Phi) is 3.84. The number of ether oxygens (including phenoxy) is 1. The van der Waals surface area contributed by atoms with Crippen molar-refractivity contribution in [2.24, 2.45) is 0 Å². The van der Waals surface area contributed by atoms with Crippen molar-refractivity contribution in [1.29, 1.82) is 0 Å². The molecular weight excluding hydrogens is 363 g/mol. The van der Waals surface area contributed by atoms with Crippen LogP contribution in [0.2, 0.25) is 0 Å². The molecule has 6 nitrogen and oxygen atoms in total. The van der Waals surface area contributed by atoms with E-state index in [0.29, 0.717) is 5.69 Å². The highest BCUT2D eigenvalue weighted by molar-refractivity contribution is 14.1. The molecule has 0 bridgehead atoms. The van der Waals surface area contributed by atoms with Crippen molar-refractivity contribution in [2.75, 3.05) is 7.11 Å². The van der Waals surface area contributed by atoms with Crippen LogP contribution < -0.4 is 10.2 Å². The van der Waals surface area contributed by atoms with E-state index in [0.717, 1.165) is 3.57 Å². The van der Waals surface area contributed by atoms with Gasteiger partial charge in [-0.3, -0.25) is 4.79 Å². The maximum Gasteiger partial charge on any atom is 0.360 e. The van der Waals surface area contributed by atoms with Crippen LogP contribution in [0.25, 0.3) is 5.69 Å². The van der Waals surface area contributed by atoms with E-state index >= 15 is 0 Å². The lowest BCUT2D eigenvalue weighted by Gasteiger charge is -2.08. The molecule has 0 amide bonds. The smallest absolute Gasteiger partial charge is 0.360 e. The predicted octanol–water partition coefficient (Wildman–Crippen LogP) is 1.54. The maximum absolute atomic E-state index is 11.7. The largest absolute Gasteiger partial charge is 0.491 e. The summed E-state index contributed by atoms with van der Waals surface area (Å²) in [5.74, 6) is -1.45. The third kappa shape index (κ3) is 2.75. The van der Waals surface area contributed by atoms with Crippen molar-refractivity contribution in [2.45, 2.75) is 0 Å². The Hall–Kier alpha value is -1.90. The molecule has 7 heteroatoms. The van der Waals surface area contributed by atoms with Crippen LogP contribution in [0.4, 0.5) is 0 Å². The summed E-state index contributed by atoms with van der Waals surface area (Å²) in [7, 11) is 1.31. The highest BCUT2D eigenvalue weighted by Crippen LogP contribution is 2.12. The number of hydrogen-bond acceptors (Lipinski definition) is 4. The molecule has 19 heavy (non-hydrogen) atoms. The first kappa shape index (κ1) is 13.5. The van der Waals surface area contributed by atoms with Crippen LogP contribution in [-0.4, -0.2) is 28.0 Å². The van der Waals surface area contributed by atoms with Gasteiger partial charge in [0.25, 0.3) is 5.43 Å². The third-order valence-corrected chi connectivity index (χ3v) is 3.12. The highest BCUT2D eigenvalue weighted by Gasteiger charge is 2.16. The Labute approximate surface area is 121 Å². The minimum atomic E-state index is -1.39. The fourth-order valence-electron chi connectivity index (χ4n) is 1.48. The van der Waals surface area contributed by atoms with Gasteiger partial charge in [-0.25, -0.2) is 9.48 Å². The number of halogens is 1. The molecule has 1 aromatic heterocycles. The number of carboxylic acids is 1. The topological polar surface area (TPSA) is 81.4 Å². The summed E-state index contributed by atoms with van der Waals surface area (Å²) in [6, 6.07) is 7.24. The first-order valence-corrected chi connectivity index (χ1v) is 6.28. The number of aromatic nitrogens is 2.